The summed E-state index contributed by atoms with van der Waals surface area (Å²) in [6.07, 6.45) is 7.19. The molecule has 1 amide bonds. The maximum Gasteiger partial charge on any atom is 0.344 e. The van der Waals surface area contributed by atoms with Crippen molar-refractivity contribution in [3.63, 3.8) is 0 Å². The summed E-state index contributed by atoms with van der Waals surface area (Å²) in [6, 6.07) is 2.18. The van der Waals surface area contributed by atoms with Crippen molar-refractivity contribution in [2.24, 2.45) is 17.8 Å². The fourth-order valence-corrected chi connectivity index (χ4v) is 6.49. The number of carbonyl (C=O) groups excluding carboxylic acids is 2. The molecule has 1 aromatic rings. The molecule has 4 saturated carbocycles. The van der Waals surface area contributed by atoms with Crippen molar-refractivity contribution in [3.05, 3.63) is 17.0 Å². The van der Waals surface area contributed by atoms with Gasteiger partial charge in [-0.05, 0) is 63.2 Å². The number of amides is 1. The second kappa shape index (κ2) is 8.05. The monoisotopic (exact) mass is 413 g/mol. The van der Waals surface area contributed by atoms with E-state index >= 15 is 0 Å². The maximum absolute atomic E-state index is 13.2. The Morgan fingerprint density at radius 2 is 1.83 bits per heavy atom. The molecule has 0 radical (unpaired) electrons. The van der Waals surface area contributed by atoms with Crippen molar-refractivity contribution < 1.29 is 18.8 Å². The van der Waals surface area contributed by atoms with Crippen molar-refractivity contribution in [1.82, 2.24) is 10.1 Å². The number of aromatic nitrogens is 1. The Kier molecular flexibility index (Phi) is 5.61. The lowest BCUT2D eigenvalue weighted by Gasteiger charge is -2.60. The molecular weight excluding hydrogens is 382 g/mol. The molecule has 4 bridgehead atoms. The third-order valence-electron chi connectivity index (χ3n) is 7.27. The van der Waals surface area contributed by atoms with E-state index in [1.165, 1.54) is 19.3 Å². The average Bonchev–Trinajstić information content (AvgIpc) is 3.07. The van der Waals surface area contributed by atoms with Crippen LogP contribution in [0.1, 0.15) is 86.5 Å². The summed E-state index contributed by atoms with van der Waals surface area (Å²) in [5.41, 5.74) is 0.625. The van der Waals surface area contributed by atoms with Gasteiger partial charge in [-0.1, -0.05) is 19.0 Å². The third-order valence-corrected chi connectivity index (χ3v) is 7.27. The van der Waals surface area contributed by atoms with Gasteiger partial charge in [0.25, 0.3) is 5.91 Å². The molecular formula is C23H31N3O4. The number of carbonyl (C=O) groups is 2. The van der Waals surface area contributed by atoms with Crippen molar-refractivity contribution in [1.29, 1.82) is 5.26 Å². The Morgan fingerprint density at radius 1 is 1.23 bits per heavy atom. The van der Waals surface area contributed by atoms with Crippen LogP contribution in [0.4, 0.5) is 0 Å². The first-order valence-electron chi connectivity index (χ1n) is 11.1. The molecule has 0 aromatic carbocycles. The van der Waals surface area contributed by atoms with Crippen LogP contribution in [0.3, 0.4) is 0 Å². The van der Waals surface area contributed by atoms with Gasteiger partial charge in [0.1, 0.15) is 5.56 Å². The third kappa shape index (κ3) is 3.73. The van der Waals surface area contributed by atoms with E-state index < -0.39 is 5.97 Å². The largest absolute Gasteiger partial charge is 0.452 e. The molecule has 162 valence electrons. The van der Waals surface area contributed by atoms with Crippen LogP contribution in [0, 0.1) is 36.0 Å². The molecule has 1 aromatic heterocycles. The molecule has 0 N–H and O–H groups in total. The second-order valence-electron chi connectivity index (χ2n) is 9.83. The normalized spacial score (nSPS) is 29.1. The minimum atomic E-state index is -0.573. The fourth-order valence-electron chi connectivity index (χ4n) is 6.49. The van der Waals surface area contributed by atoms with Crippen LogP contribution < -0.4 is 0 Å². The zero-order valence-electron chi connectivity index (χ0n) is 18.1. The number of hydrogen-bond donors (Lipinski definition) is 0. The molecule has 1 heterocycles. The predicted molar refractivity (Wildman–Crippen MR) is 108 cm³/mol. The molecule has 0 spiro atoms. The van der Waals surface area contributed by atoms with E-state index in [1.54, 1.807) is 6.92 Å². The zero-order chi connectivity index (χ0) is 21.5. The molecule has 7 nitrogen and oxygen atoms in total. The topological polar surface area (TPSA) is 96.4 Å². The Morgan fingerprint density at radius 3 is 2.37 bits per heavy atom. The number of nitriles is 1. The highest BCUT2D eigenvalue weighted by molar-refractivity contribution is 5.93. The highest BCUT2D eigenvalue weighted by Crippen LogP contribution is 2.57. The van der Waals surface area contributed by atoms with Crippen molar-refractivity contribution in [3.8, 4) is 6.07 Å². The van der Waals surface area contributed by atoms with E-state index in [2.05, 4.69) is 11.2 Å². The lowest BCUT2D eigenvalue weighted by Crippen LogP contribution is -2.62. The minimum absolute atomic E-state index is 0.0106. The van der Waals surface area contributed by atoms with Gasteiger partial charge in [-0.25, -0.2) is 4.79 Å². The molecule has 30 heavy (non-hydrogen) atoms. The van der Waals surface area contributed by atoms with Gasteiger partial charge in [0.15, 0.2) is 12.4 Å². The summed E-state index contributed by atoms with van der Waals surface area (Å²) in [6.45, 7) is 5.62. The molecule has 0 unspecified atom stereocenters. The summed E-state index contributed by atoms with van der Waals surface area (Å²) in [7, 11) is 0. The van der Waals surface area contributed by atoms with Gasteiger partial charge >= 0.3 is 5.97 Å². The molecule has 0 atom stereocenters. The molecule has 4 fully saturated rings. The molecule has 4 aliphatic rings. The highest BCUT2D eigenvalue weighted by atomic mass is 16.5. The summed E-state index contributed by atoms with van der Waals surface area (Å²) < 4.78 is 10.7. The van der Waals surface area contributed by atoms with Crippen LogP contribution in [0.5, 0.6) is 0 Å². The van der Waals surface area contributed by atoms with Gasteiger partial charge in [-0.15, -0.1) is 0 Å². The Balaban J connectivity index is 1.48. The van der Waals surface area contributed by atoms with Gasteiger partial charge in [0.05, 0.1) is 18.2 Å². The number of hydrogen-bond acceptors (Lipinski definition) is 6. The molecule has 7 heteroatoms. The lowest BCUT2D eigenvalue weighted by molar-refractivity contribution is -0.153. The van der Waals surface area contributed by atoms with Crippen LogP contribution in [0.2, 0.25) is 0 Å². The van der Waals surface area contributed by atoms with Crippen LogP contribution in [0.15, 0.2) is 4.52 Å². The van der Waals surface area contributed by atoms with E-state index in [-0.39, 0.29) is 24.0 Å². The van der Waals surface area contributed by atoms with Gasteiger partial charge in [0.2, 0.25) is 0 Å². The van der Waals surface area contributed by atoms with Gasteiger partial charge < -0.3 is 14.2 Å². The maximum atomic E-state index is 13.2. The standard InChI is InChI=1S/C23H31N3O4/c1-14(2)21-20(15(3)25-30-21)22(28)29-13-19(27)26(6-4-5-24)23-10-16-7-17(11-23)9-18(8-16)12-23/h14,16-18H,4,6-13H2,1-3H3. The van der Waals surface area contributed by atoms with E-state index in [0.717, 1.165) is 19.3 Å². The summed E-state index contributed by atoms with van der Waals surface area (Å²) in [5.74, 6) is 1.76. The average molecular weight is 414 g/mol. The molecule has 4 aliphatic carbocycles. The van der Waals surface area contributed by atoms with E-state index in [4.69, 9.17) is 14.5 Å². The number of rotatable bonds is 7. The lowest BCUT2D eigenvalue weighted by atomic mass is 9.52. The second-order valence-corrected chi connectivity index (χ2v) is 9.83. The van der Waals surface area contributed by atoms with Crippen molar-refractivity contribution in [2.75, 3.05) is 13.2 Å². The van der Waals surface area contributed by atoms with Crippen LogP contribution in [-0.2, 0) is 9.53 Å². The molecule has 5 rings (SSSR count). The van der Waals surface area contributed by atoms with Crippen LogP contribution >= 0.6 is 0 Å². The minimum Gasteiger partial charge on any atom is -0.452 e. The summed E-state index contributed by atoms with van der Waals surface area (Å²) in [4.78, 5) is 27.8. The zero-order valence-corrected chi connectivity index (χ0v) is 18.1. The highest BCUT2D eigenvalue weighted by Gasteiger charge is 2.54. The Labute approximate surface area is 177 Å². The summed E-state index contributed by atoms with van der Waals surface area (Å²) in [5, 5.41) is 13.0. The SMILES string of the molecule is Cc1noc(C(C)C)c1C(=O)OCC(=O)N(CCC#N)C12CC3CC(CC(C3)C1)C2. The summed E-state index contributed by atoms with van der Waals surface area (Å²) >= 11 is 0. The van der Waals surface area contributed by atoms with Crippen LogP contribution in [0.25, 0.3) is 0 Å². The van der Waals surface area contributed by atoms with Crippen LogP contribution in [-0.4, -0.2) is 40.6 Å². The Hall–Kier alpha value is -2.36. The number of esters is 1. The van der Waals surface area contributed by atoms with Gasteiger partial charge in [0, 0.05) is 18.0 Å². The smallest absolute Gasteiger partial charge is 0.344 e. The number of nitrogens with zero attached hydrogens (tertiary/aromatic N) is 3. The predicted octanol–water partition coefficient (Wildman–Crippen LogP) is 3.97. The first-order chi connectivity index (χ1) is 14.3. The van der Waals surface area contributed by atoms with Gasteiger partial charge in [-0.2, -0.15) is 5.26 Å². The first-order valence-corrected chi connectivity index (χ1v) is 11.1. The van der Waals surface area contributed by atoms with E-state index in [9.17, 15) is 9.59 Å². The van der Waals surface area contributed by atoms with Gasteiger partial charge in [-0.3, -0.25) is 4.79 Å². The molecule has 0 aliphatic heterocycles. The quantitative estimate of drug-likeness (QED) is 0.628. The van der Waals surface area contributed by atoms with E-state index in [0.29, 0.717) is 47.7 Å². The molecule has 0 saturated heterocycles. The van der Waals surface area contributed by atoms with Crippen molar-refractivity contribution >= 4 is 11.9 Å². The van der Waals surface area contributed by atoms with Crippen molar-refractivity contribution in [2.45, 2.75) is 77.2 Å². The number of ether oxygens (including phenoxy) is 1. The van der Waals surface area contributed by atoms with E-state index in [1.807, 2.05) is 18.7 Å². The first kappa shape index (κ1) is 20.9. The fraction of sp³-hybridized carbons (Fsp3) is 0.739. The number of aryl methyl sites for hydroxylation is 1. The Bertz CT molecular complexity index is 831.